The van der Waals surface area contributed by atoms with E-state index in [-0.39, 0.29) is 28.3 Å². The summed E-state index contributed by atoms with van der Waals surface area (Å²) in [7, 11) is 0. The summed E-state index contributed by atoms with van der Waals surface area (Å²) in [5.74, 6) is 1.02. The highest BCUT2D eigenvalue weighted by atomic mass is 16.2. The third-order valence-electron chi connectivity index (χ3n) is 4.37. The van der Waals surface area contributed by atoms with E-state index in [2.05, 4.69) is 20.3 Å². The Hall–Kier alpha value is -2.25. The maximum Gasteiger partial charge on any atom is 0.281 e. The second-order valence-corrected chi connectivity index (χ2v) is 7.60. The lowest BCUT2D eigenvalue weighted by Crippen LogP contribution is -2.46. The number of fused-ring (bicyclic) bond motifs is 1. The summed E-state index contributed by atoms with van der Waals surface area (Å²) >= 11 is 0. The number of piperidine rings is 1. The summed E-state index contributed by atoms with van der Waals surface area (Å²) in [4.78, 5) is 33.3. The van der Waals surface area contributed by atoms with E-state index in [0.717, 1.165) is 19.4 Å². The molecule has 130 valence electrons. The lowest BCUT2D eigenvalue weighted by atomic mass is 9.91. The van der Waals surface area contributed by atoms with Gasteiger partial charge in [0.15, 0.2) is 11.2 Å². The van der Waals surface area contributed by atoms with Crippen LogP contribution >= 0.6 is 0 Å². The molecule has 1 aliphatic rings. The molecular weight excluding hydrogens is 308 g/mol. The largest absolute Gasteiger partial charge is 0.342 e. The minimum atomic E-state index is -0.367. The van der Waals surface area contributed by atoms with E-state index < -0.39 is 0 Å². The molecule has 2 aromatic heterocycles. The molecule has 0 radical (unpaired) electrons. The van der Waals surface area contributed by atoms with Gasteiger partial charge < -0.3 is 9.88 Å². The molecule has 0 bridgehead atoms. The lowest BCUT2D eigenvalue weighted by molar-refractivity contribution is -0.141. The Kier molecular flexibility index (Phi) is 4.15. The van der Waals surface area contributed by atoms with Crippen LogP contribution in [0.5, 0.6) is 0 Å². The van der Waals surface area contributed by atoms with Crippen LogP contribution in [0, 0.1) is 18.3 Å². The van der Waals surface area contributed by atoms with Crippen molar-refractivity contribution in [1.29, 1.82) is 0 Å². The van der Waals surface area contributed by atoms with Crippen molar-refractivity contribution in [3.05, 3.63) is 16.2 Å². The Morgan fingerprint density at radius 2 is 2.12 bits per heavy atom. The fraction of sp³-hybridized carbons (Fsp3) is 0.688. The highest BCUT2D eigenvalue weighted by Crippen LogP contribution is 2.24. The molecule has 1 saturated heterocycles. The molecule has 0 aliphatic carbocycles. The van der Waals surface area contributed by atoms with E-state index in [4.69, 9.17) is 0 Å². The van der Waals surface area contributed by atoms with Gasteiger partial charge in [-0.25, -0.2) is 9.67 Å². The van der Waals surface area contributed by atoms with Crippen LogP contribution in [0.2, 0.25) is 0 Å². The average Bonchev–Trinajstić information content (AvgIpc) is 2.89. The minimum Gasteiger partial charge on any atom is -0.342 e. The van der Waals surface area contributed by atoms with Crippen molar-refractivity contribution in [2.45, 2.75) is 47.1 Å². The number of nitrogens with one attached hydrogen (secondary N) is 1. The molecule has 8 nitrogen and oxygen atoms in total. The molecule has 0 aromatic carbocycles. The van der Waals surface area contributed by atoms with Crippen molar-refractivity contribution in [3.8, 4) is 0 Å². The maximum atomic E-state index is 12.5. The van der Waals surface area contributed by atoms with Crippen molar-refractivity contribution >= 4 is 17.1 Å². The normalized spacial score (nSPS) is 19.0. The minimum absolute atomic E-state index is 0.182. The van der Waals surface area contributed by atoms with E-state index in [9.17, 15) is 9.59 Å². The van der Waals surface area contributed by atoms with Crippen LogP contribution in [0.15, 0.2) is 4.79 Å². The van der Waals surface area contributed by atoms with E-state index in [1.807, 2.05) is 25.7 Å². The Balaban J connectivity index is 1.79. The first-order valence-corrected chi connectivity index (χ1v) is 8.35. The fourth-order valence-electron chi connectivity index (χ4n) is 3.22. The van der Waals surface area contributed by atoms with Gasteiger partial charge in [-0.15, -0.1) is 5.10 Å². The highest BCUT2D eigenvalue weighted by Gasteiger charge is 2.31. The summed E-state index contributed by atoms with van der Waals surface area (Å²) in [6.45, 7) is 9.71. The summed E-state index contributed by atoms with van der Waals surface area (Å²) in [6.07, 6.45) is 2.00. The van der Waals surface area contributed by atoms with Gasteiger partial charge in [-0.05, 0) is 25.7 Å². The third-order valence-corrected chi connectivity index (χ3v) is 4.37. The SMILES string of the molecule is Cc1nc2c(nnn2C[C@@H]2CCCN(C(=O)C(C)(C)C)C2)c(=O)[nH]1. The van der Waals surface area contributed by atoms with Gasteiger partial charge in [0.05, 0.1) is 0 Å². The topological polar surface area (TPSA) is 96.8 Å². The smallest absolute Gasteiger partial charge is 0.281 e. The molecule has 0 spiro atoms. The first-order valence-electron chi connectivity index (χ1n) is 8.35. The number of aromatic amines is 1. The van der Waals surface area contributed by atoms with Crippen LogP contribution < -0.4 is 5.56 Å². The number of aryl methyl sites for hydroxylation is 1. The van der Waals surface area contributed by atoms with Crippen LogP contribution in [-0.4, -0.2) is 48.9 Å². The number of amides is 1. The van der Waals surface area contributed by atoms with Crippen LogP contribution in [0.4, 0.5) is 0 Å². The zero-order valence-corrected chi connectivity index (χ0v) is 14.7. The third kappa shape index (κ3) is 3.18. The number of likely N-dealkylation sites (tertiary alicyclic amines) is 1. The Morgan fingerprint density at radius 3 is 2.83 bits per heavy atom. The van der Waals surface area contributed by atoms with Crippen LogP contribution in [-0.2, 0) is 11.3 Å². The van der Waals surface area contributed by atoms with Gasteiger partial charge in [-0.2, -0.15) is 0 Å². The molecule has 1 fully saturated rings. The molecule has 3 rings (SSSR count). The number of H-pyrrole nitrogens is 1. The Morgan fingerprint density at radius 1 is 1.38 bits per heavy atom. The van der Waals surface area contributed by atoms with Gasteiger partial charge in [0.1, 0.15) is 5.82 Å². The number of carbonyl (C=O) groups excluding carboxylic acids is 1. The highest BCUT2D eigenvalue weighted by molar-refractivity contribution is 5.81. The van der Waals surface area contributed by atoms with Crippen LogP contribution in [0.3, 0.4) is 0 Å². The number of hydrogen-bond donors (Lipinski definition) is 1. The molecule has 0 saturated carbocycles. The quantitative estimate of drug-likeness (QED) is 0.888. The predicted molar refractivity (Wildman–Crippen MR) is 89.4 cm³/mol. The lowest BCUT2D eigenvalue weighted by Gasteiger charge is -2.36. The number of rotatable bonds is 2. The van der Waals surface area contributed by atoms with Crippen LogP contribution in [0.1, 0.15) is 39.4 Å². The van der Waals surface area contributed by atoms with Crippen LogP contribution in [0.25, 0.3) is 11.2 Å². The summed E-state index contributed by atoms with van der Waals surface area (Å²) in [6, 6.07) is 0. The Bertz CT molecular complexity index is 816. The molecule has 1 amide bonds. The molecular formula is C16H24N6O2. The first kappa shape index (κ1) is 16.6. The summed E-state index contributed by atoms with van der Waals surface area (Å²) in [5.41, 5.74) is 0.139. The monoisotopic (exact) mass is 332 g/mol. The van der Waals surface area contributed by atoms with Gasteiger partial charge in [-0.1, -0.05) is 26.0 Å². The summed E-state index contributed by atoms with van der Waals surface area (Å²) in [5, 5.41) is 8.04. The molecule has 8 heteroatoms. The van der Waals surface area contributed by atoms with Gasteiger partial charge in [0, 0.05) is 25.0 Å². The summed E-state index contributed by atoms with van der Waals surface area (Å²) < 4.78 is 1.69. The molecule has 0 unspecified atom stereocenters. The van der Waals surface area contributed by atoms with Crippen molar-refractivity contribution in [2.24, 2.45) is 11.3 Å². The molecule has 2 aromatic rings. The van der Waals surface area contributed by atoms with Gasteiger partial charge in [0.2, 0.25) is 5.91 Å². The van der Waals surface area contributed by atoms with E-state index >= 15 is 0 Å². The fourth-order valence-corrected chi connectivity index (χ4v) is 3.22. The average molecular weight is 332 g/mol. The molecule has 1 N–H and O–H groups in total. The van der Waals surface area contributed by atoms with E-state index in [0.29, 0.717) is 24.6 Å². The van der Waals surface area contributed by atoms with Gasteiger partial charge in [0.25, 0.3) is 5.56 Å². The zero-order chi connectivity index (χ0) is 17.5. The maximum absolute atomic E-state index is 12.5. The van der Waals surface area contributed by atoms with Gasteiger partial charge in [-0.3, -0.25) is 9.59 Å². The van der Waals surface area contributed by atoms with Gasteiger partial charge >= 0.3 is 0 Å². The molecule has 24 heavy (non-hydrogen) atoms. The Labute approximate surface area is 140 Å². The second-order valence-electron chi connectivity index (χ2n) is 7.60. The number of nitrogens with zero attached hydrogens (tertiary/aromatic N) is 5. The van der Waals surface area contributed by atoms with Crippen molar-refractivity contribution in [1.82, 2.24) is 29.9 Å². The molecule has 3 heterocycles. The predicted octanol–water partition coefficient (Wildman–Crippen LogP) is 1.11. The number of aromatic nitrogens is 5. The second kappa shape index (κ2) is 5.99. The number of carbonyl (C=O) groups is 1. The standard InChI is InChI=1S/C16H24N6O2/c1-10-17-13-12(14(23)18-10)19-20-22(13)9-11-6-5-7-21(8-11)15(24)16(2,3)4/h11H,5-9H2,1-4H3,(H,17,18,23)/t11-/m1/s1. The molecule has 1 atom stereocenters. The zero-order valence-electron chi connectivity index (χ0n) is 14.7. The van der Waals surface area contributed by atoms with E-state index in [1.54, 1.807) is 11.6 Å². The molecule has 1 aliphatic heterocycles. The van der Waals surface area contributed by atoms with Crippen molar-refractivity contribution < 1.29 is 4.79 Å². The van der Waals surface area contributed by atoms with Crippen molar-refractivity contribution in [2.75, 3.05) is 13.1 Å². The van der Waals surface area contributed by atoms with E-state index in [1.165, 1.54) is 0 Å². The first-order chi connectivity index (χ1) is 11.3. The number of hydrogen-bond acceptors (Lipinski definition) is 5. The van der Waals surface area contributed by atoms with Crippen molar-refractivity contribution in [3.63, 3.8) is 0 Å².